The van der Waals surface area contributed by atoms with Crippen LogP contribution in [0.3, 0.4) is 0 Å². The van der Waals surface area contributed by atoms with Crippen LogP contribution in [0.1, 0.15) is 5.56 Å². The lowest BCUT2D eigenvalue weighted by Crippen LogP contribution is -2.12. The Morgan fingerprint density at radius 2 is 2.08 bits per heavy atom. The second-order valence-corrected chi connectivity index (χ2v) is 2.91. The minimum atomic E-state index is -0.0487. The van der Waals surface area contributed by atoms with Gasteiger partial charge in [0.15, 0.2) is 6.23 Å². The summed E-state index contributed by atoms with van der Waals surface area (Å²) < 4.78 is 5.30. The first-order valence-corrected chi connectivity index (χ1v) is 4.33. The lowest BCUT2D eigenvalue weighted by atomic mass is 10.1. The third kappa shape index (κ3) is 2.18. The molecule has 1 heterocycles. The van der Waals surface area contributed by atoms with Gasteiger partial charge in [-0.05, 0) is 11.6 Å². The summed E-state index contributed by atoms with van der Waals surface area (Å²) in [4.78, 5) is 4.19. The number of rotatable bonds is 2. The third-order valence-electron chi connectivity index (χ3n) is 1.91. The van der Waals surface area contributed by atoms with Gasteiger partial charge >= 0.3 is 0 Å². The predicted molar refractivity (Wildman–Crippen MR) is 52.7 cm³/mol. The van der Waals surface area contributed by atoms with Crippen LogP contribution in [0.2, 0.25) is 0 Å². The van der Waals surface area contributed by atoms with E-state index in [0.717, 1.165) is 6.42 Å². The molecular weight excluding hydrogens is 162 g/mol. The van der Waals surface area contributed by atoms with E-state index in [-0.39, 0.29) is 6.23 Å². The van der Waals surface area contributed by atoms with Crippen molar-refractivity contribution in [2.75, 3.05) is 0 Å². The molecule has 1 aromatic rings. The summed E-state index contributed by atoms with van der Waals surface area (Å²) in [6.45, 7) is 0. The molecule has 0 aliphatic carbocycles. The van der Waals surface area contributed by atoms with Crippen molar-refractivity contribution < 1.29 is 4.74 Å². The molecule has 66 valence electrons. The maximum absolute atomic E-state index is 5.30. The molecule has 1 aromatic carbocycles. The largest absolute Gasteiger partial charge is 0.476 e. The van der Waals surface area contributed by atoms with Gasteiger partial charge in [-0.25, -0.2) is 0 Å². The molecule has 1 atom stereocenters. The molecule has 2 nitrogen and oxygen atoms in total. The van der Waals surface area contributed by atoms with E-state index in [1.54, 1.807) is 18.6 Å². The zero-order chi connectivity index (χ0) is 8.93. The molecule has 0 N–H and O–H groups in total. The number of aliphatic imine (C=N–C) groups is 1. The first-order valence-electron chi connectivity index (χ1n) is 4.33. The van der Waals surface area contributed by atoms with Crippen molar-refractivity contribution in [1.29, 1.82) is 0 Å². The second-order valence-electron chi connectivity index (χ2n) is 2.91. The molecule has 1 unspecified atom stereocenters. The Labute approximate surface area is 77.6 Å². The average Bonchev–Trinajstić information content (AvgIpc) is 2.21. The number of benzene rings is 1. The minimum Gasteiger partial charge on any atom is -0.476 e. The molecule has 0 radical (unpaired) electrons. The highest BCUT2D eigenvalue weighted by Gasteiger charge is 2.07. The highest BCUT2D eigenvalue weighted by atomic mass is 16.5. The summed E-state index contributed by atoms with van der Waals surface area (Å²) in [5, 5.41) is 0. The Kier molecular flexibility index (Phi) is 2.41. The van der Waals surface area contributed by atoms with Crippen LogP contribution in [0.15, 0.2) is 47.7 Å². The van der Waals surface area contributed by atoms with Crippen molar-refractivity contribution in [3.63, 3.8) is 0 Å². The molecule has 0 aromatic heterocycles. The van der Waals surface area contributed by atoms with E-state index in [9.17, 15) is 0 Å². The summed E-state index contributed by atoms with van der Waals surface area (Å²) >= 11 is 0. The zero-order valence-electron chi connectivity index (χ0n) is 7.26. The lowest BCUT2D eigenvalue weighted by molar-refractivity contribution is 0.150. The number of hydrogen-bond acceptors (Lipinski definition) is 2. The number of ether oxygens (including phenoxy) is 1. The van der Waals surface area contributed by atoms with Crippen molar-refractivity contribution in [3.05, 3.63) is 48.2 Å². The Balaban J connectivity index is 1.99. The standard InChI is InChI=1S/C11H11NO/c1-2-5-10(6-3-1)9-11-12-7-4-8-13-11/h1-8,11H,9H2. The number of hydrogen-bond donors (Lipinski definition) is 0. The van der Waals surface area contributed by atoms with Gasteiger partial charge in [-0.3, -0.25) is 4.99 Å². The van der Waals surface area contributed by atoms with Crippen LogP contribution in [0.4, 0.5) is 0 Å². The Morgan fingerprint density at radius 3 is 2.77 bits per heavy atom. The van der Waals surface area contributed by atoms with Crippen LogP contribution in [0.25, 0.3) is 0 Å². The number of nitrogens with zero attached hydrogens (tertiary/aromatic N) is 1. The Hall–Kier alpha value is -1.57. The summed E-state index contributed by atoms with van der Waals surface area (Å²) in [6, 6.07) is 10.2. The molecule has 0 saturated heterocycles. The third-order valence-corrected chi connectivity index (χ3v) is 1.91. The second kappa shape index (κ2) is 3.90. The molecule has 1 aliphatic heterocycles. The van der Waals surface area contributed by atoms with E-state index in [4.69, 9.17) is 4.74 Å². The fraction of sp³-hybridized carbons (Fsp3) is 0.182. The molecule has 2 rings (SSSR count). The SMILES string of the molecule is C1=COC(Cc2ccccc2)N=C1. The van der Waals surface area contributed by atoms with Gasteiger partial charge in [0.05, 0.1) is 6.26 Å². The molecule has 2 heteroatoms. The highest BCUT2D eigenvalue weighted by molar-refractivity contribution is 5.71. The molecule has 0 saturated carbocycles. The Bertz CT molecular complexity index is 316. The van der Waals surface area contributed by atoms with E-state index in [1.165, 1.54) is 5.56 Å². The van der Waals surface area contributed by atoms with Gasteiger partial charge in [-0.15, -0.1) is 0 Å². The van der Waals surface area contributed by atoms with E-state index in [2.05, 4.69) is 17.1 Å². The molecule has 13 heavy (non-hydrogen) atoms. The Morgan fingerprint density at radius 1 is 1.23 bits per heavy atom. The van der Waals surface area contributed by atoms with Crippen LogP contribution in [-0.2, 0) is 11.2 Å². The fourth-order valence-electron chi connectivity index (χ4n) is 1.27. The van der Waals surface area contributed by atoms with Crippen molar-refractivity contribution in [2.24, 2.45) is 4.99 Å². The van der Waals surface area contributed by atoms with Crippen LogP contribution in [-0.4, -0.2) is 12.4 Å². The quantitative estimate of drug-likeness (QED) is 0.671. The monoisotopic (exact) mass is 173 g/mol. The summed E-state index contributed by atoms with van der Waals surface area (Å²) in [5.41, 5.74) is 1.25. The van der Waals surface area contributed by atoms with Gasteiger partial charge in [-0.1, -0.05) is 30.3 Å². The van der Waals surface area contributed by atoms with Gasteiger partial charge in [0.25, 0.3) is 0 Å². The highest BCUT2D eigenvalue weighted by Crippen LogP contribution is 2.08. The minimum absolute atomic E-state index is 0.0487. The van der Waals surface area contributed by atoms with Gasteiger partial charge in [0, 0.05) is 12.6 Å². The summed E-state index contributed by atoms with van der Waals surface area (Å²) in [7, 11) is 0. The normalized spacial score (nSPS) is 19.8. The molecule has 1 aliphatic rings. The summed E-state index contributed by atoms with van der Waals surface area (Å²) in [5.74, 6) is 0. The zero-order valence-corrected chi connectivity index (χ0v) is 7.26. The average molecular weight is 173 g/mol. The van der Waals surface area contributed by atoms with Crippen LogP contribution < -0.4 is 0 Å². The smallest absolute Gasteiger partial charge is 0.192 e. The van der Waals surface area contributed by atoms with Crippen LogP contribution >= 0.6 is 0 Å². The van der Waals surface area contributed by atoms with Crippen molar-refractivity contribution >= 4 is 6.21 Å². The van der Waals surface area contributed by atoms with Gasteiger partial charge in [0.2, 0.25) is 0 Å². The van der Waals surface area contributed by atoms with E-state index < -0.39 is 0 Å². The molecule has 0 bridgehead atoms. The van der Waals surface area contributed by atoms with E-state index in [1.807, 2.05) is 18.2 Å². The maximum Gasteiger partial charge on any atom is 0.192 e. The first-order chi connectivity index (χ1) is 6.45. The van der Waals surface area contributed by atoms with E-state index in [0.29, 0.717) is 0 Å². The fourth-order valence-corrected chi connectivity index (χ4v) is 1.27. The van der Waals surface area contributed by atoms with Gasteiger partial charge in [0.1, 0.15) is 0 Å². The topological polar surface area (TPSA) is 21.6 Å². The van der Waals surface area contributed by atoms with Crippen molar-refractivity contribution in [3.8, 4) is 0 Å². The van der Waals surface area contributed by atoms with Crippen molar-refractivity contribution in [1.82, 2.24) is 0 Å². The first kappa shape index (κ1) is 8.05. The van der Waals surface area contributed by atoms with Gasteiger partial charge < -0.3 is 4.74 Å². The molecular formula is C11H11NO. The van der Waals surface area contributed by atoms with Crippen LogP contribution in [0.5, 0.6) is 0 Å². The van der Waals surface area contributed by atoms with Crippen molar-refractivity contribution in [2.45, 2.75) is 12.6 Å². The maximum atomic E-state index is 5.30. The van der Waals surface area contributed by atoms with E-state index >= 15 is 0 Å². The predicted octanol–water partition coefficient (Wildman–Crippen LogP) is 2.17. The van der Waals surface area contributed by atoms with Gasteiger partial charge in [-0.2, -0.15) is 0 Å². The lowest BCUT2D eigenvalue weighted by Gasteiger charge is -2.13. The molecule has 0 amide bonds. The summed E-state index contributed by atoms with van der Waals surface area (Å²) in [6.07, 6.45) is 6.04. The molecule has 0 fully saturated rings. The van der Waals surface area contributed by atoms with Crippen LogP contribution in [0, 0.1) is 0 Å². The number of allylic oxidation sites excluding steroid dienone is 1. The molecule has 0 spiro atoms.